The van der Waals surface area contributed by atoms with Crippen molar-refractivity contribution in [2.45, 2.75) is 19.6 Å². The van der Waals surface area contributed by atoms with Crippen molar-refractivity contribution in [3.05, 3.63) is 41.3 Å². The van der Waals surface area contributed by atoms with E-state index in [0.29, 0.717) is 30.1 Å². The van der Waals surface area contributed by atoms with Gasteiger partial charge in [0.05, 0.1) is 42.0 Å². The van der Waals surface area contributed by atoms with E-state index < -0.39 is 12.7 Å². The van der Waals surface area contributed by atoms with Gasteiger partial charge in [0.2, 0.25) is 0 Å². The highest BCUT2D eigenvalue weighted by Crippen LogP contribution is 2.31. The molecule has 1 aliphatic rings. The molecular formula is C16H14ClF2N3O3. The summed E-state index contributed by atoms with van der Waals surface area (Å²) in [4.78, 5) is 21.7. The summed E-state index contributed by atoms with van der Waals surface area (Å²) in [7, 11) is 0. The third kappa shape index (κ3) is 4.33. The summed E-state index contributed by atoms with van der Waals surface area (Å²) in [6.45, 7) is -1.72. The van der Waals surface area contributed by atoms with Crippen molar-refractivity contribution < 1.29 is 23.0 Å². The van der Waals surface area contributed by atoms with Crippen LogP contribution in [0.1, 0.15) is 12.1 Å². The van der Waals surface area contributed by atoms with Crippen LogP contribution in [0, 0.1) is 0 Å². The average molecular weight is 370 g/mol. The topological polar surface area (TPSA) is 64.5 Å². The number of hydrogen-bond donors (Lipinski definition) is 0. The highest BCUT2D eigenvalue weighted by Gasteiger charge is 2.20. The van der Waals surface area contributed by atoms with Gasteiger partial charge in [0.1, 0.15) is 5.75 Å². The maximum atomic E-state index is 12.4. The maximum Gasteiger partial charge on any atom is 0.410 e. The van der Waals surface area contributed by atoms with Crippen molar-refractivity contribution in [1.82, 2.24) is 14.9 Å². The molecule has 1 amide bonds. The predicted octanol–water partition coefficient (Wildman–Crippen LogP) is 3.74. The number of benzene rings is 1. The Morgan fingerprint density at radius 1 is 1.36 bits per heavy atom. The minimum absolute atomic E-state index is 0.0734. The maximum absolute atomic E-state index is 12.4. The predicted molar refractivity (Wildman–Crippen MR) is 85.5 cm³/mol. The molecule has 1 fully saturated rings. The van der Waals surface area contributed by atoms with Crippen molar-refractivity contribution in [3.63, 3.8) is 0 Å². The average Bonchev–Trinajstić information content (AvgIpc) is 2.59. The van der Waals surface area contributed by atoms with Gasteiger partial charge in [-0.2, -0.15) is 8.78 Å². The zero-order valence-electron chi connectivity index (χ0n) is 13.0. The first-order valence-electron chi connectivity index (χ1n) is 7.50. The van der Waals surface area contributed by atoms with Gasteiger partial charge in [-0.3, -0.25) is 4.98 Å². The molecule has 132 valence electrons. The number of amides is 1. The van der Waals surface area contributed by atoms with Crippen LogP contribution < -0.4 is 4.74 Å². The summed E-state index contributed by atoms with van der Waals surface area (Å²) in [6, 6.07) is 4.45. The molecule has 0 saturated carbocycles. The van der Waals surface area contributed by atoms with Crippen LogP contribution in [0.3, 0.4) is 0 Å². The van der Waals surface area contributed by atoms with Crippen molar-refractivity contribution in [2.75, 3.05) is 13.2 Å². The monoisotopic (exact) mass is 369 g/mol. The number of hydrogen-bond acceptors (Lipinski definition) is 5. The molecule has 3 rings (SSSR count). The van der Waals surface area contributed by atoms with Crippen molar-refractivity contribution in [2.24, 2.45) is 0 Å². The molecule has 0 unspecified atom stereocenters. The van der Waals surface area contributed by atoms with Crippen LogP contribution in [0.2, 0.25) is 5.02 Å². The number of carbonyl (C=O) groups is 1. The van der Waals surface area contributed by atoms with Crippen molar-refractivity contribution >= 4 is 17.7 Å². The standard InChI is InChI=1S/C16H14ClF2N3O3/c17-12-3-2-10(6-14(12)25-15(18)19)13-8-20-7-11(21-13)9-22-4-1-5-24-16(22)23/h2-3,6-8,15H,1,4-5,9H2. The molecule has 0 bridgehead atoms. The highest BCUT2D eigenvalue weighted by molar-refractivity contribution is 6.32. The van der Waals surface area contributed by atoms with E-state index in [4.69, 9.17) is 16.3 Å². The Hall–Kier alpha value is -2.48. The lowest BCUT2D eigenvalue weighted by atomic mass is 10.1. The fourth-order valence-corrected chi connectivity index (χ4v) is 2.57. The molecular weight excluding hydrogens is 356 g/mol. The molecule has 0 atom stereocenters. The molecule has 0 N–H and O–H groups in total. The molecule has 1 aliphatic heterocycles. The van der Waals surface area contributed by atoms with Crippen LogP contribution in [0.4, 0.5) is 13.6 Å². The van der Waals surface area contributed by atoms with Gasteiger partial charge >= 0.3 is 12.7 Å². The number of ether oxygens (including phenoxy) is 2. The summed E-state index contributed by atoms with van der Waals surface area (Å²) in [5.41, 5.74) is 1.54. The number of halogens is 3. The number of nitrogens with zero attached hydrogens (tertiary/aromatic N) is 3. The molecule has 0 spiro atoms. The lowest BCUT2D eigenvalue weighted by molar-refractivity contribution is -0.0497. The van der Waals surface area contributed by atoms with E-state index >= 15 is 0 Å². The van der Waals surface area contributed by atoms with Gasteiger partial charge in [0.25, 0.3) is 0 Å². The molecule has 0 aliphatic carbocycles. The summed E-state index contributed by atoms with van der Waals surface area (Å²) >= 11 is 5.85. The zero-order valence-corrected chi connectivity index (χ0v) is 13.7. The van der Waals surface area contributed by atoms with Crippen molar-refractivity contribution in [3.8, 4) is 17.0 Å². The van der Waals surface area contributed by atoms with Gasteiger partial charge in [-0.05, 0) is 18.6 Å². The second kappa shape index (κ2) is 7.60. The molecule has 1 aromatic carbocycles. The summed E-state index contributed by atoms with van der Waals surface area (Å²) < 4.78 is 34.2. The lowest BCUT2D eigenvalue weighted by Gasteiger charge is -2.25. The molecule has 6 nitrogen and oxygen atoms in total. The fourth-order valence-electron chi connectivity index (χ4n) is 2.41. The largest absolute Gasteiger partial charge is 0.449 e. The summed E-state index contributed by atoms with van der Waals surface area (Å²) in [6.07, 6.45) is 3.40. The summed E-state index contributed by atoms with van der Waals surface area (Å²) in [5.74, 6) is -0.138. The third-order valence-electron chi connectivity index (χ3n) is 3.54. The van der Waals surface area contributed by atoms with E-state index in [2.05, 4.69) is 14.7 Å². The second-order valence-electron chi connectivity index (χ2n) is 5.31. The minimum atomic E-state index is -2.98. The Bertz CT molecular complexity index is 776. The Labute approximate surface area is 147 Å². The lowest BCUT2D eigenvalue weighted by Crippen LogP contribution is -2.37. The quantitative estimate of drug-likeness (QED) is 0.803. The Morgan fingerprint density at radius 3 is 2.96 bits per heavy atom. The molecule has 2 aromatic rings. The van der Waals surface area contributed by atoms with Crippen LogP contribution in [-0.2, 0) is 11.3 Å². The van der Waals surface area contributed by atoms with Crippen LogP contribution in [0.15, 0.2) is 30.6 Å². The van der Waals surface area contributed by atoms with E-state index in [0.717, 1.165) is 6.42 Å². The van der Waals surface area contributed by atoms with E-state index in [-0.39, 0.29) is 17.3 Å². The van der Waals surface area contributed by atoms with E-state index in [9.17, 15) is 13.6 Å². The summed E-state index contributed by atoms with van der Waals surface area (Å²) in [5, 5.41) is 0.0734. The second-order valence-corrected chi connectivity index (χ2v) is 5.72. The number of carbonyl (C=O) groups excluding carboxylic acids is 1. The third-order valence-corrected chi connectivity index (χ3v) is 3.85. The van der Waals surface area contributed by atoms with Crippen LogP contribution in [0.5, 0.6) is 5.75 Å². The van der Waals surface area contributed by atoms with E-state index in [1.807, 2.05) is 0 Å². The first-order valence-corrected chi connectivity index (χ1v) is 7.88. The number of rotatable bonds is 5. The molecule has 1 saturated heterocycles. The molecule has 2 heterocycles. The number of alkyl halides is 2. The van der Waals surface area contributed by atoms with Gasteiger partial charge in [-0.15, -0.1) is 0 Å². The first kappa shape index (κ1) is 17.3. The normalized spacial score (nSPS) is 14.6. The van der Waals surface area contributed by atoms with Crippen LogP contribution in [0.25, 0.3) is 11.3 Å². The highest BCUT2D eigenvalue weighted by atomic mass is 35.5. The van der Waals surface area contributed by atoms with E-state index in [1.165, 1.54) is 29.4 Å². The van der Waals surface area contributed by atoms with Gasteiger partial charge < -0.3 is 14.4 Å². The smallest absolute Gasteiger partial charge is 0.410 e. The fraction of sp³-hybridized carbons (Fsp3) is 0.312. The van der Waals surface area contributed by atoms with Gasteiger partial charge in [0.15, 0.2) is 0 Å². The molecule has 1 aromatic heterocycles. The van der Waals surface area contributed by atoms with E-state index in [1.54, 1.807) is 6.07 Å². The first-order chi connectivity index (χ1) is 12.0. The Morgan fingerprint density at radius 2 is 2.20 bits per heavy atom. The minimum Gasteiger partial charge on any atom is -0.449 e. The van der Waals surface area contributed by atoms with Crippen molar-refractivity contribution in [1.29, 1.82) is 0 Å². The van der Waals surface area contributed by atoms with Gasteiger partial charge in [0, 0.05) is 12.1 Å². The van der Waals surface area contributed by atoms with Gasteiger partial charge in [-0.25, -0.2) is 9.78 Å². The number of cyclic esters (lactones) is 1. The van der Waals surface area contributed by atoms with Gasteiger partial charge in [-0.1, -0.05) is 17.7 Å². The molecule has 9 heteroatoms. The van der Waals surface area contributed by atoms with Crippen LogP contribution in [-0.4, -0.2) is 40.7 Å². The molecule has 0 radical (unpaired) electrons. The SMILES string of the molecule is O=C1OCCCN1Cc1cncc(-c2ccc(Cl)c(OC(F)F)c2)n1. The zero-order chi connectivity index (χ0) is 17.8. The number of aromatic nitrogens is 2. The molecule has 25 heavy (non-hydrogen) atoms. The van der Waals surface area contributed by atoms with Crippen LogP contribution >= 0.6 is 11.6 Å². The Balaban J connectivity index is 1.82. The Kier molecular flexibility index (Phi) is 5.28.